The highest BCUT2D eigenvalue weighted by Gasteiger charge is 2.26. The molecule has 4 aromatic carbocycles. The van der Waals surface area contributed by atoms with E-state index in [4.69, 9.17) is 14.1 Å². The lowest BCUT2D eigenvalue weighted by Gasteiger charge is -2.22. The zero-order chi connectivity index (χ0) is 26.7. The number of hydrogen-bond donors (Lipinski definition) is 1. The smallest absolute Gasteiger partial charge is 0.216 e. The van der Waals surface area contributed by atoms with Crippen LogP contribution in [-0.4, -0.2) is 19.1 Å². The SMILES string of the molecule is CNC(c1nc(-c2cc(OC)cc(C(C)(C)C)c2)co1)c1c(-c2ccccc2)cccc1-c1ccccc1. The highest BCUT2D eigenvalue weighted by atomic mass is 16.5. The second-order valence-corrected chi connectivity index (χ2v) is 10.5. The first-order valence-electron chi connectivity index (χ1n) is 13.0. The van der Waals surface area contributed by atoms with E-state index < -0.39 is 0 Å². The first kappa shape index (κ1) is 25.5. The van der Waals surface area contributed by atoms with E-state index in [2.05, 4.69) is 105 Å². The van der Waals surface area contributed by atoms with Crippen LogP contribution in [0.1, 0.15) is 43.8 Å². The molecular formula is C34H34N2O2. The predicted octanol–water partition coefficient (Wildman–Crippen LogP) is 8.29. The van der Waals surface area contributed by atoms with Gasteiger partial charge in [-0.3, -0.25) is 0 Å². The number of rotatable bonds is 7. The van der Waals surface area contributed by atoms with Crippen LogP contribution in [-0.2, 0) is 5.41 Å². The predicted molar refractivity (Wildman–Crippen MR) is 155 cm³/mol. The average Bonchev–Trinajstić information content (AvgIpc) is 3.44. The van der Waals surface area contributed by atoms with Gasteiger partial charge in [-0.25, -0.2) is 4.98 Å². The number of hydrogen-bond acceptors (Lipinski definition) is 4. The van der Waals surface area contributed by atoms with E-state index >= 15 is 0 Å². The van der Waals surface area contributed by atoms with Gasteiger partial charge in [0.15, 0.2) is 0 Å². The molecule has 0 aliphatic rings. The first-order valence-corrected chi connectivity index (χ1v) is 13.0. The molecule has 0 fully saturated rings. The Labute approximate surface area is 225 Å². The number of benzene rings is 4. The fourth-order valence-corrected chi connectivity index (χ4v) is 4.86. The second kappa shape index (κ2) is 10.7. The molecule has 0 saturated carbocycles. The van der Waals surface area contributed by atoms with Gasteiger partial charge < -0.3 is 14.5 Å². The van der Waals surface area contributed by atoms with Crippen molar-refractivity contribution < 1.29 is 9.15 Å². The molecule has 5 aromatic rings. The second-order valence-electron chi connectivity index (χ2n) is 10.5. The largest absolute Gasteiger partial charge is 0.497 e. The number of ether oxygens (including phenoxy) is 1. The number of aromatic nitrogens is 1. The molecule has 0 amide bonds. The average molecular weight is 503 g/mol. The molecule has 1 N–H and O–H groups in total. The molecular weight excluding hydrogens is 468 g/mol. The van der Waals surface area contributed by atoms with Gasteiger partial charge in [-0.15, -0.1) is 0 Å². The highest BCUT2D eigenvalue weighted by Crippen LogP contribution is 2.40. The van der Waals surface area contributed by atoms with Crippen molar-refractivity contribution in [1.82, 2.24) is 10.3 Å². The molecule has 192 valence electrons. The molecule has 0 saturated heterocycles. The third-order valence-electron chi connectivity index (χ3n) is 6.93. The van der Waals surface area contributed by atoms with Crippen LogP contribution in [0.2, 0.25) is 0 Å². The third-order valence-corrected chi connectivity index (χ3v) is 6.93. The first-order chi connectivity index (χ1) is 18.4. The fourth-order valence-electron chi connectivity index (χ4n) is 4.86. The van der Waals surface area contributed by atoms with Crippen molar-refractivity contribution in [2.24, 2.45) is 0 Å². The maximum Gasteiger partial charge on any atom is 0.216 e. The van der Waals surface area contributed by atoms with Gasteiger partial charge in [0.25, 0.3) is 0 Å². The van der Waals surface area contributed by atoms with Crippen LogP contribution in [0, 0.1) is 0 Å². The van der Waals surface area contributed by atoms with E-state index in [0.29, 0.717) is 5.89 Å². The van der Waals surface area contributed by atoms with Crippen LogP contribution in [0.3, 0.4) is 0 Å². The molecule has 4 heteroatoms. The fraction of sp³-hybridized carbons (Fsp3) is 0.206. The van der Waals surface area contributed by atoms with E-state index in [1.165, 1.54) is 5.56 Å². The van der Waals surface area contributed by atoms with Crippen molar-refractivity contribution in [3.8, 4) is 39.3 Å². The maximum atomic E-state index is 6.19. The van der Waals surface area contributed by atoms with E-state index in [1.807, 2.05) is 25.2 Å². The normalized spacial score (nSPS) is 12.3. The Morgan fingerprint density at radius 1 is 0.763 bits per heavy atom. The van der Waals surface area contributed by atoms with Gasteiger partial charge in [-0.2, -0.15) is 0 Å². The zero-order valence-corrected chi connectivity index (χ0v) is 22.7. The molecule has 0 aliphatic heterocycles. The summed E-state index contributed by atoms with van der Waals surface area (Å²) < 4.78 is 11.8. The third kappa shape index (κ3) is 5.13. The Kier molecular flexibility index (Phi) is 7.17. The van der Waals surface area contributed by atoms with Crippen molar-refractivity contribution >= 4 is 0 Å². The van der Waals surface area contributed by atoms with Crippen LogP contribution in [0.5, 0.6) is 5.75 Å². The molecule has 1 unspecified atom stereocenters. The molecule has 1 atom stereocenters. The molecule has 5 rings (SSSR count). The summed E-state index contributed by atoms with van der Waals surface area (Å²) in [7, 11) is 3.65. The molecule has 1 aromatic heterocycles. The molecule has 0 radical (unpaired) electrons. The van der Waals surface area contributed by atoms with Gasteiger partial charge in [0.2, 0.25) is 5.89 Å². The van der Waals surface area contributed by atoms with E-state index in [-0.39, 0.29) is 11.5 Å². The Morgan fingerprint density at radius 3 is 1.89 bits per heavy atom. The Balaban J connectivity index is 1.65. The summed E-state index contributed by atoms with van der Waals surface area (Å²) >= 11 is 0. The maximum absolute atomic E-state index is 6.19. The highest BCUT2D eigenvalue weighted by molar-refractivity contribution is 5.80. The number of nitrogens with one attached hydrogen (secondary N) is 1. The summed E-state index contributed by atoms with van der Waals surface area (Å²) in [5.41, 5.74) is 8.61. The van der Waals surface area contributed by atoms with E-state index in [1.54, 1.807) is 13.4 Å². The summed E-state index contributed by atoms with van der Waals surface area (Å²) in [6, 6.07) is 33.4. The topological polar surface area (TPSA) is 47.3 Å². The van der Waals surface area contributed by atoms with Crippen molar-refractivity contribution in [2.45, 2.75) is 32.2 Å². The lowest BCUT2D eigenvalue weighted by atomic mass is 9.85. The van der Waals surface area contributed by atoms with Crippen LogP contribution in [0.25, 0.3) is 33.5 Å². The Morgan fingerprint density at radius 2 is 1.37 bits per heavy atom. The van der Waals surface area contributed by atoms with Gasteiger partial charge in [0.05, 0.1) is 7.11 Å². The van der Waals surface area contributed by atoms with Crippen LogP contribution < -0.4 is 10.1 Å². The number of methoxy groups -OCH3 is 1. The summed E-state index contributed by atoms with van der Waals surface area (Å²) in [6.07, 6.45) is 1.74. The van der Waals surface area contributed by atoms with E-state index in [9.17, 15) is 0 Å². The minimum Gasteiger partial charge on any atom is -0.497 e. The van der Waals surface area contributed by atoms with Gasteiger partial charge in [-0.1, -0.05) is 99.6 Å². The number of nitrogens with zero attached hydrogens (tertiary/aromatic N) is 1. The molecule has 1 heterocycles. The van der Waals surface area contributed by atoms with Gasteiger partial charge in [-0.05, 0) is 64.0 Å². The minimum absolute atomic E-state index is 0.0252. The van der Waals surface area contributed by atoms with Crippen molar-refractivity contribution in [3.05, 3.63) is 120 Å². The lowest BCUT2D eigenvalue weighted by Crippen LogP contribution is -2.20. The summed E-state index contributed by atoms with van der Waals surface area (Å²) in [5, 5.41) is 3.50. The van der Waals surface area contributed by atoms with Crippen LogP contribution in [0.15, 0.2) is 108 Å². The van der Waals surface area contributed by atoms with Crippen LogP contribution >= 0.6 is 0 Å². The molecule has 0 spiro atoms. The van der Waals surface area contributed by atoms with E-state index in [0.717, 1.165) is 44.8 Å². The molecule has 4 nitrogen and oxygen atoms in total. The monoisotopic (exact) mass is 502 g/mol. The zero-order valence-electron chi connectivity index (χ0n) is 22.7. The van der Waals surface area contributed by atoms with Gasteiger partial charge in [0, 0.05) is 5.56 Å². The van der Waals surface area contributed by atoms with Crippen molar-refractivity contribution in [1.29, 1.82) is 0 Å². The molecule has 0 aliphatic carbocycles. The minimum atomic E-state index is -0.261. The van der Waals surface area contributed by atoms with Crippen LogP contribution in [0.4, 0.5) is 0 Å². The quantitative estimate of drug-likeness (QED) is 0.243. The van der Waals surface area contributed by atoms with Gasteiger partial charge >= 0.3 is 0 Å². The van der Waals surface area contributed by atoms with Crippen molar-refractivity contribution in [3.63, 3.8) is 0 Å². The standard InChI is InChI=1S/C34H34N2O2/c1-34(2,3)26-19-25(20-27(21-26)37-5)30-22-38-33(36-30)32(35-4)31-28(23-13-8-6-9-14-23)17-12-18-29(31)24-15-10-7-11-16-24/h6-22,32,35H,1-5H3. The summed E-state index contributed by atoms with van der Waals surface area (Å²) in [6.45, 7) is 6.59. The Bertz CT molecular complexity index is 1460. The number of oxazole rings is 1. The molecule has 38 heavy (non-hydrogen) atoms. The van der Waals surface area contributed by atoms with Crippen molar-refractivity contribution in [2.75, 3.05) is 14.2 Å². The summed E-state index contributed by atoms with van der Waals surface area (Å²) in [4.78, 5) is 5.01. The van der Waals surface area contributed by atoms with Gasteiger partial charge in [0.1, 0.15) is 23.7 Å². The molecule has 0 bridgehead atoms. The summed E-state index contributed by atoms with van der Waals surface area (Å²) in [5.74, 6) is 1.42. The Hall–Kier alpha value is -4.15. The lowest BCUT2D eigenvalue weighted by molar-refractivity contribution is 0.413.